The molecule has 0 saturated carbocycles. The maximum atomic E-state index is 11.9. The molecule has 3 N–H and O–H groups in total. The number of rotatable bonds is 8. The van der Waals surface area contributed by atoms with Crippen molar-refractivity contribution in [3.8, 4) is 0 Å². The molecule has 0 radical (unpaired) electrons. The molecule has 0 heterocycles. The summed E-state index contributed by atoms with van der Waals surface area (Å²) in [5.41, 5.74) is 8.10. The van der Waals surface area contributed by atoms with E-state index in [4.69, 9.17) is 5.73 Å². The number of hydrogen-bond acceptors (Lipinski definition) is 2. The van der Waals surface area contributed by atoms with Crippen LogP contribution in [0, 0.1) is 0 Å². The molecule has 0 aliphatic heterocycles. The van der Waals surface area contributed by atoms with Crippen molar-refractivity contribution >= 4 is 41.5 Å². The standard InChI is InChI=1S/C18H30N4O.HI/c1-5-14(4)15-8-10-16(11-9-15)21-18(19)20-13-12-17(23)22(6-2)7-3;/h8-11,14H,5-7,12-13H2,1-4H3,(H3,19,20,21);1H. The molecule has 1 aromatic rings. The number of guanidine groups is 1. The molecule has 6 heteroatoms. The van der Waals surface area contributed by atoms with Crippen molar-refractivity contribution in [3.63, 3.8) is 0 Å². The quantitative estimate of drug-likeness (QED) is 0.363. The summed E-state index contributed by atoms with van der Waals surface area (Å²) in [5.74, 6) is 1.01. The summed E-state index contributed by atoms with van der Waals surface area (Å²) in [6.07, 6.45) is 1.51. The van der Waals surface area contributed by atoms with Gasteiger partial charge in [-0.2, -0.15) is 0 Å². The molecule has 1 amide bonds. The maximum Gasteiger partial charge on any atom is 0.224 e. The molecule has 0 aliphatic carbocycles. The van der Waals surface area contributed by atoms with Crippen LogP contribution in [0.25, 0.3) is 0 Å². The Morgan fingerprint density at radius 2 is 1.79 bits per heavy atom. The summed E-state index contributed by atoms with van der Waals surface area (Å²) in [5, 5.41) is 3.06. The Morgan fingerprint density at radius 1 is 1.21 bits per heavy atom. The van der Waals surface area contributed by atoms with Gasteiger partial charge in [0.2, 0.25) is 5.91 Å². The number of benzene rings is 1. The number of amides is 1. The molecule has 24 heavy (non-hydrogen) atoms. The van der Waals surface area contributed by atoms with Gasteiger partial charge in [0, 0.05) is 25.2 Å². The van der Waals surface area contributed by atoms with Gasteiger partial charge in [-0.3, -0.25) is 9.79 Å². The van der Waals surface area contributed by atoms with Gasteiger partial charge in [0.15, 0.2) is 5.96 Å². The second-order valence-corrected chi connectivity index (χ2v) is 5.64. The third-order valence-electron chi connectivity index (χ3n) is 4.09. The molecule has 0 bridgehead atoms. The molecule has 1 atom stereocenters. The SMILES string of the molecule is CCC(C)c1ccc(NC(N)=NCCC(=O)N(CC)CC)cc1.I. The lowest BCUT2D eigenvalue weighted by atomic mass is 9.99. The van der Waals surface area contributed by atoms with Crippen LogP contribution in [0.15, 0.2) is 29.3 Å². The predicted octanol–water partition coefficient (Wildman–Crippen LogP) is 3.80. The van der Waals surface area contributed by atoms with Crippen LogP contribution in [0.1, 0.15) is 52.0 Å². The predicted molar refractivity (Wildman–Crippen MR) is 113 cm³/mol. The van der Waals surface area contributed by atoms with Gasteiger partial charge in [-0.25, -0.2) is 0 Å². The van der Waals surface area contributed by atoms with Gasteiger partial charge in [-0.15, -0.1) is 24.0 Å². The van der Waals surface area contributed by atoms with E-state index >= 15 is 0 Å². The van der Waals surface area contributed by atoms with Gasteiger partial charge in [0.1, 0.15) is 0 Å². The molecule has 0 saturated heterocycles. The monoisotopic (exact) mass is 446 g/mol. The zero-order valence-corrected chi connectivity index (χ0v) is 17.5. The first-order chi connectivity index (χ1) is 11.0. The summed E-state index contributed by atoms with van der Waals surface area (Å²) in [6, 6.07) is 8.22. The zero-order valence-electron chi connectivity index (χ0n) is 15.2. The smallest absolute Gasteiger partial charge is 0.224 e. The lowest BCUT2D eigenvalue weighted by molar-refractivity contribution is -0.130. The molecule has 0 spiro atoms. The lowest BCUT2D eigenvalue weighted by Gasteiger charge is -2.17. The summed E-state index contributed by atoms with van der Waals surface area (Å²) < 4.78 is 0. The van der Waals surface area contributed by atoms with Crippen molar-refractivity contribution in [2.75, 3.05) is 25.0 Å². The lowest BCUT2D eigenvalue weighted by Crippen LogP contribution is -2.31. The molecule has 0 aliphatic rings. The van der Waals surface area contributed by atoms with Gasteiger partial charge >= 0.3 is 0 Å². The first-order valence-corrected chi connectivity index (χ1v) is 8.46. The number of carbonyl (C=O) groups excluding carboxylic acids is 1. The topological polar surface area (TPSA) is 70.7 Å². The van der Waals surface area contributed by atoms with Crippen LogP contribution in [0.5, 0.6) is 0 Å². The highest BCUT2D eigenvalue weighted by Crippen LogP contribution is 2.20. The van der Waals surface area contributed by atoms with E-state index in [1.54, 1.807) is 4.90 Å². The Balaban J connectivity index is 0.00000529. The molecule has 5 nitrogen and oxygen atoms in total. The molecular formula is C18H31IN4O. The minimum atomic E-state index is 0. The zero-order chi connectivity index (χ0) is 17.2. The first kappa shape index (κ1) is 22.7. The Kier molecular flexibility index (Phi) is 11.4. The summed E-state index contributed by atoms with van der Waals surface area (Å²) >= 11 is 0. The van der Waals surface area contributed by atoms with Crippen LogP contribution in [-0.2, 0) is 4.79 Å². The van der Waals surface area contributed by atoms with Crippen molar-refractivity contribution in [1.82, 2.24) is 4.90 Å². The van der Waals surface area contributed by atoms with Crippen molar-refractivity contribution < 1.29 is 4.79 Å². The Morgan fingerprint density at radius 3 is 2.29 bits per heavy atom. The van der Waals surface area contributed by atoms with Crippen LogP contribution in [0.2, 0.25) is 0 Å². The second-order valence-electron chi connectivity index (χ2n) is 5.64. The maximum absolute atomic E-state index is 11.9. The number of hydrogen-bond donors (Lipinski definition) is 2. The Labute approximate surface area is 163 Å². The van der Waals surface area contributed by atoms with Crippen molar-refractivity contribution in [1.29, 1.82) is 0 Å². The highest BCUT2D eigenvalue weighted by Gasteiger charge is 2.08. The fraction of sp³-hybridized carbons (Fsp3) is 0.556. The van der Waals surface area contributed by atoms with Crippen molar-refractivity contribution in [2.45, 2.75) is 46.5 Å². The molecule has 0 aromatic heterocycles. The van der Waals surface area contributed by atoms with Gasteiger partial charge in [0.05, 0.1) is 6.54 Å². The fourth-order valence-electron chi connectivity index (χ4n) is 2.32. The van der Waals surface area contributed by atoms with Crippen molar-refractivity contribution in [3.05, 3.63) is 29.8 Å². The molecule has 136 valence electrons. The van der Waals surface area contributed by atoms with Gasteiger partial charge in [-0.1, -0.05) is 26.0 Å². The average molecular weight is 446 g/mol. The third-order valence-corrected chi connectivity index (χ3v) is 4.09. The van der Waals surface area contributed by atoms with Crippen molar-refractivity contribution in [2.24, 2.45) is 10.7 Å². The fourth-order valence-corrected chi connectivity index (χ4v) is 2.32. The van der Waals surface area contributed by atoms with E-state index in [-0.39, 0.29) is 29.9 Å². The van der Waals surface area contributed by atoms with E-state index in [0.717, 1.165) is 25.2 Å². The van der Waals surface area contributed by atoms with E-state index in [2.05, 4.69) is 36.3 Å². The largest absolute Gasteiger partial charge is 0.370 e. The van der Waals surface area contributed by atoms with Gasteiger partial charge < -0.3 is 16.0 Å². The first-order valence-electron chi connectivity index (χ1n) is 8.46. The van der Waals surface area contributed by atoms with E-state index in [9.17, 15) is 4.79 Å². The van der Waals surface area contributed by atoms with E-state index in [1.807, 2.05) is 26.0 Å². The summed E-state index contributed by atoms with van der Waals surface area (Å²) in [4.78, 5) is 17.9. The minimum absolute atomic E-state index is 0. The third kappa shape index (κ3) is 7.51. The molecule has 1 rings (SSSR count). The van der Waals surface area contributed by atoms with Crippen LogP contribution in [-0.4, -0.2) is 36.4 Å². The summed E-state index contributed by atoms with van der Waals surface area (Å²) in [7, 11) is 0. The number of nitrogens with zero attached hydrogens (tertiary/aromatic N) is 2. The second kappa shape index (κ2) is 12.1. The molecule has 1 unspecified atom stereocenters. The molecule has 0 fully saturated rings. The number of nitrogens with two attached hydrogens (primary N) is 1. The van der Waals surface area contributed by atoms with E-state index in [0.29, 0.717) is 24.8 Å². The highest BCUT2D eigenvalue weighted by molar-refractivity contribution is 14.0. The minimum Gasteiger partial charge on any atom is -0.370 e. The number of nitrogens with one attached hydrogen (secondary N) is 1. The highest BCUT2D eigenvalue weighted by atomic mass is 127. The summed E-state index contributed by atoms with van der Waals surface area (Å²) in [6.45, 7) is 10.2. The average Bonchev–Trinajstić information content (AvgIpc) is 2.56. The van der Waals surface area contributed by atoms with E-state index < -0.39 is 0 Å². The molecule has 1 aromatic carbocycles. The van der Waals surface area contributed by atoms with Crippen LogP contribution < -0.4 is 11.1 Å². The van der Waals surface area contributed by atoms with Crippen LogP contribution in [0.4, 0.5) is 5.69 Å². The van der Waals surface area contributed by atoms with E-state index in [1.165, 1.54) is 5.56 Å². The van der Waals surface area contributed by atoms with Crippen LogP contribution in [0.3, 0.4) is 0 Å². The van der Waals surface area contributed by atoms with Gasteiger partial charge in [0.25, 0.3) is 0 Å². The number of aliphatic imine (C=N–C) groups is 1. The molecular weight excluding hydrogens is 415 g/mol. The Hall–Kier alpha value is -1.31. The van der Waals surface area contributed by atoms with Crippen LogP contribution >= 0.6 is 24.0 Å². The number of halogens is 1. The van der Waals surface area contributed by atoms with Gasteiger partial charge in [-0.05, 0) is 43.9 Å². The Bertz CT molecular complexity index is 512. The normalized spacial score (nSPS) is 12.2. The number of anilines is 1. The number of carbonyl (C=O) groups is 1.